The van der Waals surface area contributed by atoms with Crippen molar-refractivity contribution in [3.05, 3.63) is 29.8 Å². The van der Waals surface area contributed by atoms with Crippen molar-refractivity contribution >= 4 is 0 Å². The molecular weight excluding hydrogens is 236 g/mol. The summed E-state index contributed by atoms with van der Waals surface area (Å²) < 4.78 is 6.30. The zero-order chi connectivity index (χ0) is 13.4. The molecule has 0 aliphatic heterocycles. The quantitative estimate of drug-likeness (QED) is 0.902. The van der Waals surface area contributed by atoms with Crippen LogP contribution in [0.25, 0.3) is 0 Å². The van der Waals surface area contributed by atoms with Gasteiger partial charge in [0.25, 0.3) is 0 Å². The van der Waals surface area contributed by atoms with Crippen LogP contribution in [0, 0.1) is 11.8 Å². The van der Waals surface area contributed by atoms with E-state index >= 15 is 0 Å². The first-order valence-electron chi connectivity index (χ1n) is 7.31. The Morgan fingerprint density at radius 3 is 2.47 bits per heavy atom. The highest BCUT2D eigenvalue weighted by atomic mass is 16.5. The van der Waals surface area contributed by atoms with Gasteiger partial charge in [-0.3, -0.25) is 0 Å². The van der Waals surface area contributed by atoms with E-state index in [1.54, 1.807) is 0 Å². The van der Waals surface area contributed by atoms with Gasteiger partial charge in [-0.2, -0.15) is 0 Å². The predicted molar refractivity (Wildman–Crippen MR) is 77.1 cm³/mol. The van der Waals surface area contributed by atoms with E-state index in [1.165, 1.54) is 19.3 Å². The van der Waals surface area contributed by atoms with Crippen molar-refractivity contribution in [2.45, 2.75) is 38.0 Å². The molecule has 0 heterocycles. The van der Waals surface area contributed by atoms with Gasteiger partial charge in [-0.05, 0) is 62.9 Å². The summed E-state index contributed by atoms with van der Waals surface area (Å²) in [6, 6.07) is 8.82. The molecule has 104 valence electrons. The van der Waals surface area contributed by atoms with E-state index in [0.717, 1.165) is 23.1 Å². The van der Waals surface area contributed by atoms with Crippen molar-refractivity contribution in [2.24, 2.45) is 17.6 Å². The first-order valence-corrected chi connectivity index (χ1v) is 7.31. The highest BCUT2D eigenvalue weighted by molar-refractivity contribution is 5.28. The second kappa shape index (κ2) is 5.14. The van der Waals surface area contributed by atoms with Crippen LogP contribution in [0.1, 0.15) is 24.8 Å². The van der Waals surface area contributed by atoms with E-state index in [2.05, 4.69) is 43.3 Å². The summed E-state index contributed by atoms with van der Waals surface area (Å²) in [5.74, 6) is 2.56. The van der Waals surface area contributed by atoms with Gasteiger partial charge in [0.2, 0.25) is 0 Å². The number of hydrogen-bond donors (Lipinski definition) is 1. The molecular formula is C16H24N2O. The van der Waals surface area contributed by atoms with Gasteiger partial charge in [0.1, 0.15) is 11.9 Å². The first kappa shape index (κ1) is 12.9. The Hall–Kier alpha value is -1.06. The number of nitrogens with zero attached hydrogens (tertiary/aromatic N) is 1. The fourth-order valence-electron chi connectivity index (χ4n) is 3.95. The largest absolute Gasteiger partial charge is 0.489 e. The topological polar surface area (TPSA) is 38.5 Å². The van der Waals surface area contributed by atoms with E-state index in [4.69, 9.17) is 10.5 Å². The summed E-state index contributed by atoms with van der Waals surface area (Å²) in [6.07, 6.45) is 4.41. The maximum Gasteiger partial charge on any atom is 0.119 e. The molecule has 3 nitrogen and oxygen atoms in total. The van der Waals surface area contributed by atoms with E-state index in [0.29, 0.717) is 18.7 Å². The lowest BCUT2D eigenvalue weighted by Gasteiger charge is -2.35. The second-order valence-corrected chi connectivity index (χ2v) is 6.22. The van der Waals surface area contributed by atoms with Crippen molar-refractivity contribution in [2.75, 3.05) is 14.1 Å². The average molecular weight is 260 g/mol. The number of likely N-dealkylation sites (N-methyl/N-ethyl adjacent to an activating group) is 1. The summed E-state index contributed by atoms with van der Waals surface area (Å²) in [7, 11) is 4.36. The Labute approximate surface area is 115 Å². The summed E-state index contributed by atoms with van der Waals surface area (Å²) in [4.78, 5) is 2.35. The highest BCUT2D eigenvalue weighted by Crippen LogP contribution is 2.47. The third-order valence-electron chi connectivity index (χ3n) is 4.83. The second-order valence-electron chi connectivity index (χ2n) is 6.22. The fourth-order valence-corrected chi connectivity index (χ4v) is 3.95. The molecule has 3 heteroatoms. The maximum absolute atomic E-state index is 6.30. The van der Waals surface area contributed by atoms with Gasteiger partial charge in [0, 0.05) is 12.6 Å². The minimum atomic E-state index is 0.359. The lowest BCUT2D eigenvalue weighted by Crippen LogP contribution is -2.46. The molecule has 3 rings (SSSR count). The average Bonchev–Trinajstić information content (AvgIpc) is 3.00. The van der Waals surface area contributed by atoms with Gasteiger partial charge in [-0.15, -0.1) is 0 Å². The van der Waals surface area contributed by atoms with Crippen LogP contribution in [0.4, 0.5) is 0 Å². The third kappa shape index (κ3) is 2.37. The number of fused-ring (bicyclic) bond motifs is 2. The number of nitrogens with two attached hydrogens (primary N) is 1. The molecule has 2 aliphatic carbocycles. The Morgan fingerprint density at radius 1 is 1.16 bits per heavy atom. The lowest BCUT2D eigenvalue weighted by atomic mass is 9.91. The zero-order valence-electron chi connectivity index (χ0n) is 11.9. The lowest BCUT2D eigenvalue weighted by molar-refractivity contribution is 0.0537. The Balaban J connectivity index is 1.74. The van der Waals surface area contributed by atoms with Gasteiger partial charge >= 0.3 is 0 Å². The number of ether oxygens (including phenoxy) is 1. The molecule has 1 aromatic carbocycles. The molecule has 0 spiro atoms. The number of benzene rings is 1. The minimum Gasteiger partial charge on any atom is -0.489 e. The normalized spacial score (nSPS) is 33.1. The maximum atomic E-state index is 6.30. The standard InChI is InChI=1S/C16H24N2O/c1-18(2)15-12-5-6-13(9-12)16(15)19-14-7-3-11(10-17)4-8-14/h3-4,7-8,12-13,15-16H,5-6,9-10,17H2,1-2H3. The molecule has 19 heavy (non-hydrogen) atoms. The van der Waals surface area contributed by atoms with Crippen LogP contribution in [0.2, 0.25) is 0 Å². The Kier molecular flexibility index (Phi) is 3.50. The van der Waals surface area contributed by atoms with Crippen LogP contribution in [0.15, 0.2) is 24.3 Å². The molecule has 2 aliphatic rings. The summed E-state index contributed by atoms with van der Waals surface area (Å²) in [5.41, 5.74) is 6.78. The molecule has 0 saturated heterocycles. The van der Waals surface area contributed by atoms with Crippen LogP contribution in [-0.2, 0) is 6.54 Å². The Morgan fingerprint density at radius 2 is 1.84 bits per heavy atom. The molecule has 2 fully saturated rings. The van der Waals surface area contributed by atoms with Crippen molar-refractivity contribution in [1.29, 1.82) is 0 Å². The van der Waals surface area contributed by atoms with Crippen molar-refractivity contribution in [1.82, 2.24) is 4.90 Å². The van der Waals surface area contributed by atoms with Gasteiger partial charge < -0.3 is 15.4 Å². The molecule has 1 aromatic rings. The minimum absolute atomic E-state index is 0.359. The molecule has 0 aromatic heterocycles. The molecule has 4 unspecified atom stereocenters. The molecule has 2 bridgehead atoms. The smallest absolute Gasteiger partial charge is 0.119 e. The summed E-state index contributed by atoms with van der Waals surface area (Å²) in [6.45, 7) is 0.592. The van der Waals surface area contributed by atoms with Crippen LogP contribution in [-0.4, -0.2) is 31.1 Å². The van der Waals surface area contributed by atoms with Crippen LogP contribution in [0.3, 0.4) is 0 Å². The molecule has 2 saturated carbocycles. The fraction of sp³-hybridized carbons (Fsp3) is 0.625. The van der Waals surface area contributed by atoms with E-state index in [1.807, 2.05) is 0 Å². The van der Waals surface area contributed by atoms with Crippen molar-refractivity contribution in [3.8, 4) is 5.75 Å². The van der Waals surface area contributed by atoms with Crippen molar-refractivity contribution < 1.29 is 4.74 Å². The summed E-state index contributed by atoms with van der Waals surface area (Å²) in [5, 5.41) is 0. The molecule has 0 amide bonds. The first-order chi connectivity index (χ1) is 9.19. The molecule has 0 radical (unpaired) electrons. The third-order valence-corrected chi connectivity index (χ3v) is 4.83. The zero-order valence-corrected chi connectivity index (χ0v) is 11.9. The van der Waals surface area contributed by atoms with E-state index in [-0.39, 0.29) is 0 Å². The van der Waals surface area contributed by atoms with Gasteiger partial charge in [0.05, 0.1) is 0 Å². The van der Waals surface area contributed by atoms with Gasteiger partial charge in [0.15, 0.2) is 0 Å². The SMILES string of the molecule is CN(C)C1C2CCC(C2)C1Oc1ccc(CN)cc1. The number of hydrogen-bond acceptors (Lipinski definition) is 3. The molecule has 4 atom stereocenters. The Bertz CT molecular complexity index is 429. The van der Waals surface area contributed by atoms with Gasteiger partial charge in [-0.25, -0.2) is 0 Å². The van der Waals surface area contributed by atoms with E-state index in [9.17, 15) is 0 Å². The molecule has 2 N–H and O–H groups in total. The van der Waals surface area contributed by atoms with Crippen LogP contribution >= 0.6 is 0 Å². The number of rotatable bonds is 4. The van der Waals surface area contributed by atoms with Crippen molar-refractivity contribution in [3.63, 3.8) is 0 Å². The monoisotopic (exact) mass is 260 g/mol. The van der Waals surface area contributed by atoms with Crippen LogP contribution in [0.5, 0.6) is 5.75 Å². The predicted octanol–water partition coefficient (Wildman–Crippen LogP) is 2.25. The highest BCUT2D eigenvalue weighted by Gasteiger charge is 2.49. The van der Waals surface area contributed by atoms with Crippen LogP contribution < -0.4 is 10.5 Å². The van der Waals surface area contributed by atoms with Gasteiger partial charge in [-0.1, -0.05) is 12.1 Å². The summed E-state index contributed by atoms with van der Waals surface area (Å²) >= 11 is 0. The van der Waals surface area contributed by atoms with E-state index < -0.39 is 0 Å².